The molecule has 0 saturated carbocycles. The average Bonchev–Trinajstić information content (AvgIpc) is 2.09. The minimum absolute atomic E-state index is 0.0118. The van der Waals surface area contributed by atoms with E-state index in [1.54, 1.807) is 18.5 Å². The minimum Gasteiger partial charge on any atom is -0.264 e. The Balaban J connectivity index is 2.93. The van der Waals surface area contributed by atoms with Gasteiger partial charge in [0.15, 0.2) is 0 Å². The van der Waals surface area contributed by atoms with Crippen molar-refractivity contribution in [3.05, 3.63) is 29.6 Å². The molecule has 0 bridgehead atoms. The van der Waals surface area contributed by atoms with Gasteiger partial charge in [-0.3, -0.25) is 4.98 Å². The molecule has 1 rings (SSSR count). The molecular weight excluding hydrogens is 188 g/mol. The predicted molar refractivity (Wildman–Crippen MR) is 50.7 cm³/mol. The molecule has 0 unspecified atom stereocenters. The van der Waals surface area contributed by atoms with Gasteiger partial charge in [0, 0.05) is 12.4 Å². The first-order chi connectivity index (χ1) is 6.05. The first-order valence-electron chi connectivity index (χ1n) is 3.86. The predicted octanol–water partition coefficient (Wildman–Crippen LogP) is 0.439. The number of rotatable bonds is 3. The Morgan fingerprint density at radius 2 is 2.23 bits per heavy atom. The van der Waals surface area contributed by atoms with Gasteiger partial charge in [-0.15, -0.1) is 0 Å². The van der Waals surface area contributed by atoms with Crippen LogP contribution in [0.5, 0.6) is 0 Å². The van der Waals surface area contributed by atoms with Gasteiger partial charge >= 0.3 is 0 Å². The van der Waals surface area contributed by atoms with Crippen LogP contribution in [0.15, 0.2) is 18.5 Å². The average molecular weight is 200 g/mol. The molecule has 13 heavy (non-hydrogen) atoms. The molecule has 0 fully saturated rings. The highest BCUT2D eigenvalue weighted by atomic mass is 32.2. The number of aromatic nitrogens is 1. The second kappa shape index (κ2) is 3.85. The van der Waals surface area contributed by atoms with Crippen molar-refractivity contribution in [2.75, 3.05) is 7.05 Å². The SMILES string of the molecule is CNS(=O)(=O)Cc1ccncc1C. The molecule has 0 spiro atoms. The summed E-state index contributed by atoms with van der Waals surface area (Å²) in [6.07, 6.45) is 3.24. The third kappa shape index (κ3) is 2.78. The maximum atomic E-state index is 11.2. The fraction of sp³-hybridized carbons (Fsp3) is 0.375. The molecule has 1 heterocycles. The lowest BCUT2D eigenvalue weighted by atomic mass is 10.2. The Morgan fingerprint density at radius 1 is 1.54 bits per heavy atom. The van der Waals surface area contributed by atoms with Crippen LogP contribution in [0.1, 0.15) is 11.1 Å². The van der Waals surface area contributed by atoms with E-state index in [-0.39, 0.29) is 5.75 Å². The summed E-state index contributed by atoms with van der Waals surface area (Å²) >= 11 is 0. The molecule has 0 atom stereocenters. The first kappa shape index (κ1) is 10.1. The summed E-state index contributed by atoms with van der Waals surface area (Å²) in [5.41, 5.74) is 1.67. The number of nitrogens with one attached hydrogen (secondary N) is 1. The van der Waals surface area contributed by atoms with Gasteiger partial charge in [0.2, 0.25) is 10.0 Å². The smallest absolute Gasteiger partial charge is 0.215 e. The second-order valence-corrected chi connectivity index (χ2v) is 4.69. The zero-order chi connectivity index (χ0) is 9.90. The Labute approximate surface area is 78.1 Å². The van der Waals surface area contributed by atoms with Gasteiger partial charge in [0.25, 0.3) is 0 Å². The topological polar surface area (TPSA) is 59.1 Å². The number of pyridine rings is 1. The summed E-state index contributed by atoms with van der Waals surface area (Å²) in [7, 11) is -1.76. The van der Waals surface area contributed by atoms with Crippen LogP contribution >= 0.6 is 0 Å². The van der Waals surface area contributed by atoms with Crippen LogP contribution in [0.2, 0.25) is 0 Å². The van der Waals surface area contributed by atoms with Gasteiger partial charge in [0.1, 0.15) is 0 Å². The van der Waals surface area contributed by atoms with Crippen LogP contribution in [0.25, 0.3) is 0 Å². The van der Waals surface area contributed by atoms with Crippen molar-refractivity contribution in [2.45, 2.75) is 12.7 Å². The summed E-state index contributed by atoms with van der Waals surface area (Å²) in [6.45, 7) is 1.84. The minimum atomic E-state index is -3.17. The van der Waals surface area contributed by atoms with Crippen molar-refractivity contribution in [3.8, 4) is 0 Å². The Bertz CT molecular complexity index is 387. The van der Waals surface area contributed by atoms with Gasteiger partial charge < -0.3 is 0 Å². The van der Waals surface area contributed by atoms with Gasteiger partial charge in [-0.2, -0.15) is 0 Å². The molecule has 0 aromatic carbocycles. The molecule has 1 aromatic rings. The van der Waals surface area contributed by atoms with E-state index in [1.807, 2.05) is 6.92 Å². The van der Waals surface area contributed by atoms with Gasteiger partial charge in [-0.05, 0) is 31.2 Å². The molecule has 0 amide bonds. The van der Waals surface area contributed by atoms with E-state index in [0.29, 0.717) is 0 Å². The van der Waals surface area contributed by atoms with Crippen molar-refractivity contribution >= 4 is 10.0 Å². The Hall–Kier alpha value is -0.940. The molecule has 4 nitrogen and oxygen atoms in total. The van der Waals surface area contributed by atoms with E-state index in [0.717, 1.165) is 11.1 Å². The Morgan fingerprint density at radius 3 is 2.77 bits per heavy atom. The molecule has 0 aliphatic rings. The highest BCUT2D eigenvalue weighted by Crippen LogP contribution is 2.08. The monoisotopic (exact) mass is 200 g/mol. The molecule has 0 saturated heterocycles. The standard InChI is InChI=1S/C8H12N2O2S/c1-7-5-10-4-3-8(7)6-13(11,12)9-2/h3-5,9H,6H2,1-2H3. The number of hydrogen-bond donors (Lipinski definition) is 1. The zero-order valence-corrected chi connectivity index (χ0v) is 8.43. The van der Waals surface area contributed by atoms with Gasteiger partial charge in [-0.25, -0.2) is 13.1 Å². The van der Waals surface area contributed by atoms with Crippen LogP contribution in [0, 0.1) is 6.92 Å². The normalized spacial score (nSPS) is 11.5. The van der Waals surface area contributed by atoms with Crippen molar-refractivity contribution < 1.29 is 8.42 Å². The summed E-state index contributed by atoms with van der Waals surface area (Å²) < 4.78 is 24.6. The second-order valence-electron chi connectivity index (χ2n) is 2.77. The molecule has 0 aliphatic carbocycles. The largest absolute Gasteiger partial charge is 0.264 e. The van der Waals surface area contributed by atoms with Crippen molar-refractivity contribution in [1.29, 1.82) is 0 Å². The van der Waals surface area contributed by atoms with Crippen LogP contribution in [0.3, 0.4) is 0 Å². The van der Waals surface area contributed by atoms with E-state index in [1.165, 1.54) is 7.05 Å². The zero-order valence-electron chi connectivity index (χ0n) is 7.61. The van der Waals surface area contributed by atoms with Crippen LogP contribution in [0.4, 0.5) is 0 Å². The maximum absolute atomic E-state index is 11.2. The molecule has 0 aliphatic heterocycles. The van der Waals surface area contributed by atoms with Crippen molar-refractivity contribution in [1.82, 2.24) is 9.71 Å². The fourth-order valence-corrected chi connectivity index (χ4v) is 1.82. The highest BCUT2D eigenvalue weighted by molar-refractivity contribution is 7.88. The quantitative estimate of drug-likeness (QED) is 0.770. The van der Waals surface area contributed by atoms with E-state index in [2.05, 4.69) is 9.71 Å². The fourth-order valence-electron chi connectivity index (χ4n) is 0.941. The first-order valence-corrected chi connectivity index (χ1v) is 5.51. The van der Waals surface area contributed by atoms with Crippen LogP contribution < -0.4 is 4.72 Å². The Kier molecular flexibility index (Phi) is 3.00. The lowest BCUT2D eigenvalue weighted by molar-refractivity contribution is 0.587. The number of nitrogens with zero attached hydrogens (tertiary/aromatic N) is 1. The highest BCUT2D eigenvalue weighted by Gasteiger charge is 2.09. The molecule has 1 N–H and O–H groups in total. The maximum Gasteiger partial charge on any atom is 0.215 e. The molecular formula is C8H12N2O2S. The third-order valence-corrected chi connectivity index (χ3v) is 3.11. The van der Waals surface area contributed by atoms with E-state index < -0.39 is 10.0 Å². The number of hydrogen-bond acceptors (Lipinski definition) is 3. The van der Waals surface area contributed by atoms with Gasteiger partial charge in [-0.1, -0.05) is 0 Å². The van der Waals surface area contributed by atoms with E-state index in [9.17, 15) is 8.42 Å². The lowest BCUT2D eigenvalue weighted by Crippen LogP contribution is -2.20. The molecule has 5 heteroatoms. The van der Waals surface area contributed by atoms with E-state index in [4.69, 9.17) is 0 Å². The lowest BCUT2D eigenvalue weighted by Gasteiger charge is -2.04. The molecule has 72 valence electrons. The molecule has 1 aromatic heterocycles. The van der Waals surface area contributed by atoms with Crippen molar-refractivity contribution in [3.63, 3.8) is 0 Å². The van der Waals surface area contributed by atoms with Crippen LogP contribution in [-0.4, -0.2) is 20.4 Å². The van der Waals surface area contributed by atoms with Crippen molar-refractivity contribution in [2.24, 2.45) is 0 Å². The summed E-state index contributed by atoms with van der Waals surface area (Å²) in [6, 6.07) is 1.71. The number of sulfonamides is 1. The summed E-state index contributed by atoms with van der Waals surface area (Å²) in [5.74, 6) is 0.0118. The van der Waals surface area contributed by atoms with Gasteiger partial charge in [0.05, 0.1) is 5.75 Å². The third-order valence-electron chi connectivity index (χ3n) is 1.79. The summed E-state index contributed by atoms with van der Waals surface area (Å²) in [4.78, 5) is 3.89. The summed E-state index contributed by atoms with van der Waals surface area (Å²) in [5, 5.41) is 0. The van der Waals surface area contributed by atoms with E-state index >= 15 is 0 Å². The van der Waals surface area contributed by atoms with Crippen LogP contribution in [-0.2, 0) is 15.8 Å². The molecule has 0 radical (unpaired) electrons. The number of aryl methyl sites for hydroxylation is 1.